The fraction of sp³-hybridized carbons (Fsp3) is 0.562. The Hall–Kier alpha value is -2.09. The maximum atomic E-state index is 11.1. The van der Waals surface area contributed by atoms with Crippen molar-refractivity contribution in [3.05, 3.63) is 33.9 Å². The lowest BCUT2D eigenvalue weighted by Gasteiger charge is -2.21. The number of hydrogen-bond donors (Lipinski definition) is 0. The van der Waals surface area contributed by atoms with E-state index in [1.165, 1.54) is 13.2 Å². The van der Waals surface area contributed by atoms with E-state index < -0.39 is 4.92 Å². The Morgan fingerprint density at radius 1 is 1.57 bits per heavy atom. The number of ether oxygens (including phenoxy) is 1. The molecule has 1 aromatic carbocycles. The Morgan fingerprint density at radius 2 is 2.33 bits per heavy atom. The Morgan fingerprint density at radius 3 is 2.86 bits per heavy atom. The standard InChI is InChI=1S/C16H20N2O3/c1-3-12-6-7-16(9-12,11-17)10-13-4-5-15(21-2)14(8-13)18(19)20/h4-5,8,12H,3,6-7,9-10H2,1-2H3. The summed E-state index contributed by atoms with van der Waals surface area (Å²) in [6.45, 7) is 2.15. The van der Waals surface area contributed by atoms with Gasteiger partial charge in [-0.2, -0.15) is 5.26 Å². The number of hydrogen-bond acceptors (Lipinski definition) is 4. The number of nitrogens with zero attached hydrogens (tertiary/aromatic N) is 2. The number of nitro benzene ring substituents is 1. The molecule has 1 fully saturated rings. The van der Waals surface area contributed by atoms with Gasteiger partial charge in [0.15, 0.2) is 5.75 Å². The molecule has 0 heterocycles. The van der Waals surface area contributed by atoms with Gasteiger partial charge in [0, 0.05) is 6.07 Å². The van der Waals surface area contributed by atoms with Gasteiger partial charge in [0.1, 0.15) is 0 Å². The molecule has 0 bridgehead atoms. The SMILES string of the molecule is CCC1CCC(C#N)(Cc2ccc(OC)c([N+](=O)[O-])c2)C1. The summed E-state index contributed by atoms with van der Waals surface area (Å²) in [5, 5.41) is 20.6. The van der Waals surface area contributed by atoms with Crippen molar-refractivity contribution in [1.29, 1.82) is 5.26 Å². The normalized spacial score (nSPS) is 24.5. The highest BCUT2D eigenvalue weighted by Gasteiger charge is 2.39. The molecule has 1 saturated carbocycles. The van der Waals surface area contributed by atoms with E-state index in [1.54, 1.807) is 6.07 Å². The van der Waals surface area contributed by atoms with Crippen molar-refractivity contribution in [2.24, 2.45) is 11.3 Å². The van der Waals surface area contributed by atoms with Crippen molar-refractivity contribution in [3.8, 4) is 11.8 Å². The Bertz CT molecular complexity index is 579. The minimum atomic E-state index is -0.440. The van der Waals surface area contributed by atoms with E-state index in [2.05, 4.69) is 13.0 Å². The molecule has 2 atom stereocenters. The lowest BCUT2D eigenvalue weighted by Crippen LogP contribution is -2.18. The van der Waals surface area contributed by atoms with E-state index in [0.29, 0.717) is 12.3 Å². The Balaban J connectivity index is 2.25. The van der Waals surface area contributed by atoms with Gasteiger partial charge in [-0.05, 0) is 43.2 Å². The van der Waals surface area contributed by atoms with Crippen LogP contribution in [-0.4, -0.2) is 12.0 Å². The molecule has 5 heteroatoms. The first kappa shape index (κ1) is 15.3. The maximum Gasteiger partial charge on any atom is 0.311 e. The first-order chi connectivity index (χ1) is 10.0. The van der Waals surface area contributed by atoms with Crippen molar-refractivity contribution in [2.75, 3.05) is 7.11 Å². The van der Waals surface area contributed by atoms with Gasteiger partial charge in [-0.1, -0.05) is 19.4 Å². The summed E-state index contributed by atoms with van der Waals surface area (Å²) in [6.07, 6.45) is 4.50. The predicted molar refractivity (Wildman–Crippen MR) is 79.0 cm³/mol. The van der Waals surface area contributed by atoms with Gasteiger partial charge in [-0.15, -0.1) is 0 Å². The van der Waals surface area contributed by atoms with E-state index in [4.69, 9.17) is 4.74 Å². The average molecular weight is 288 g/mol. The third-order valence-electron chi connectivity index (χ3n) is 4.51. The smallest absolute Gasteiger partial charge is 0.311 e. The molecule has 5 nitrogen and oxygen atoms in total. The van der Waals surface area contributed by atoms with Gasteiger partial charge in [0.25, 0.3) is 0 Å². The zero-order valence-electron chi connectivity index (χ0n) is 12.5. The number of nitriles is 1. The van der Waals surface area contributed by atoms with Gasteiger partial charge in [0.2, 0.25) is 0 Å². The summed E-state index contributed by atoms with van der Waals surface area (Å²) >= 11 is 0. The van der Waals surface area contributed by atoms with E-state index >= 15 is 0 Å². The molecule has 0 spiro atoms. The molecule has 0 aromatic heterocycles. The van der Waals surface area contributed by atoms with Crippen LogP contribution in [0.25, 0.3) is 0 Å². The predicted octanol–water partition coefficient (Wildman–Crippen LogP) is 3.87. The van der Waals surface area contributed by atoms with Crippen LogP contribution < -0.4 is 4.74 Å². The van der Waals surface area contributed by atoms with Crippen LogP contribution in [0.15, 0.2) is 18.2 Å². The number of benzene rings is 1. The lowest BCUT2D eigenvalue weighted by molar-refractivity contribution is -0.385. The molecule has 21 heavy (non-hydrogen) atoms. The Labute approximate surface area is 124 Å². The largest absolute Gasteiger partial charge is 0.490 e. The first-order valence-electron chi connectivity index (χ1n) is 7.26. The van der Waals surface area contributed by atoms with E-state index in [1.807, 2.05) is 6.07 Å². The fourth-order valence-electron chi connectivity index (χ4n) is 3.27. The quantitative estimate of drug-likeness (QED) is 0.608. The monoisotopic (exact) mass is 288 g/mol. The zero-order chi connectivity index (χ0) is 15.5. The minimum Gasteiger partial charge on any atom is -0.490 e. The first-order valence-corrected chi connectivity index (χ1v) is 7.26. The third kappa shape index (κ3) is 3.15. The van der Waals surface area contributed by atoms with E-state index in [-0.39, 0.29) is 16.9 Å². The van der Waals surface area contributed by atoms with Crippen LogP contribution in [0.4, 0.5) is 5.69 Å². The summed E-state index contributed by atoms with van der Waals surface area (Å²) < 4.78 is 5.01. The molecule has 0 amide bonds. The summed E-state index contributed by atoms with van der Waals surface area (Å²) in [5.74, 6) is 0.852. The molecule has 1 aliphatic rings. The highest BCUT2D eigenvalue weighted by Crippen LogP contribution is 2.45. The number of rotatable bonds is 5. The maximum absolute atomic E-state index is 11.1. The lowest BCUT2D eigenvalue weighted by atomic mass is 9.80. The molecule has 1 aliphatic carbocycles. The van der Waals surface area contributed by atoms with Gasteiger partial charge < -0.3 is 4.74 Å². The summed E-state index contributed by atoms with van der Waals surface area (Å²) in [6, 6.07) is 7.44. The van der Waals surface area contributed by atoms with Crippen LogP contribution in [0.5, 0.6) is 5.75 Å². The van der Waals surface area contributed by atoms with Crippen molar-refractivity contribution >= 4 is 5.69 Å². The molecule has 0 radical (unpaired) electrons. The highest BCUT2D eigenvalue weighted by molar-refractivity contribution is 5.49. The molecular formula is C16H20N2O3. The summed E-state index contributed by atoms with van der Waals surface area (Å²) in [7, 11) is 1.42. The second-order valence-electron chi connectivity index (χ2n) is 5.85. The van der Waals surface area contributed by atoms with Crippen molar-refractivity contribution < 1.29 is 9.66 Å². The number of methoxy groups -OCH3 is 1. The Kier molecular flexibility index (Phi) is 4.46. The highest BCUT2D eigenvalue weighted by atomic mass is 16.6. The second-order valence-corrected chi connectivity index (χ2v) is 5.85. The van der Waals surface area contributed by atoms with Gasteiger partial charge >= 0.3 is 5.69 Å². The van der Waals surface area contributed by atoms with Crippen LogP contribution in [0.3, 0.4) is 0 Å². The van der Waals surface area contributed by atoms with Crippen LogP contribution in [0, 0.1) is 32.8 Å². The molecule has 0 aliphatic heterocycles. The van der Waals surface area contributed by atoms with Gasteiger partial charge in [-0.25, -0.2) is 0 Å². The second kappa shape index (κ2) is 6.13. The topological polar surface area (TPSA) is 76.2 Å². The van der Waals surface area contributed by atoms with Gasteiger partial charge in [-0.3, -0.25) is 10.1 Å². The van der Waals surface area contributed by atoms with Crippen LogP contribution >= 0.6 is 0 Å². The molecule has 2 unspecified atom stereocenters. The molecule has 0 N–H and O–H groups in total. The van der Waals surface area contributed by atoms with Crippen molar-refractivity contribution in [1.82, 2.24) is 0 Å². The third-order valence-corrected chi connectivity index (χ3v) is 4.51. The fourth-order valence-corrected chi connectivity index (χ4v) is 3.27. The van der Waals surface area contributed by atoms with Crippen molar-refractivity contribution in [3.63, 3.8) is 0 Å². The zero-order valence-corrected chi connectivity index (χ0v) is 12.5. The van der Waals surface area contributed by atoms with Crippen LogP contribution in [-0.2, 0) is 6.42 Å². The minimum absolute atomic E-state index is 0.0341. The molecule has 2 rings (SSSR count). The van der Waals surface area contributed by atoms with Crippen LogP contribution in [0.1, 0.15) is 38.2 Å². The van der Waals surface area contributed by atoms with E-state index in [0.717, 1.165) is 31.2 Å². The molecule has 1 aromatic rings. The molecule has 0 saturated heterocycles. The van der Waals surface area contributed by atoms with E-state index in [9.17, 15) is 15.4 Å². The summed E-state index contributed by atoms with van der Waals surface area (Å²) in [5.41, 5.74) is 0.428. The van der Waals surface area contributed by atoms with Crippen molar-refractivity contribution in [2.45, 2.75) is 39.0 Å². The molecular weight excluding hydrogens is 268 g/mol. The molecule has 112 valence electrons. The summed E-state index contributed by atoms with van der Waals surface area (Å²) in [4.78, 5) is 10.6. The average Bonchev–Trinajstić information content (AvgIpc) is 2.91. The number of nitro groups is 1. The van der Waals surface area contributed by atoms with Gasteiger partial charge in [0.05, 0.1) is 23.5 Å². The van der Waals surface area contributed by atoms with Crippen LogP contribution in [0.2, 0.25) is 0 Å².